The number of hydrogen-bond acceptors (Lipinski definition) is 4. The highest BCUT2D eigenvalue weighted by molar-refractivity contribution is 9.10. The van der Waals surface area contributed by atoms with Gasteiger partial charge in [-0.1, -0.05) is 12.8 Å². The maximum Gasteiger partial charge on any atom is 0.159 e. The van der Waals surface area contributed by atoms with E-state index >= 15 is 0 Å². The molecule has 2 fully saturated rings. The van der Waals surface area contributed by atoms with E-state index in [0.717, 1.165) is 35.5 Å². The molecule has 5 heteroatoms. The van der Waals surface area contributed by atoms with Crippen LogP contribution < -0.4 is 5.32 Å². The summed E-state index contributed by atoms with van der Waals surface area (Å²) in [5.41, 5.74) is 1.18. The molecule has 0 spiro atoms. The lowest BCUT2D eigenvalue weighted by Crippen LogP contribution is -2.13. The highest BCUT2D eigenvalue weighted by Gasteiger charge is 2.29. The number of aromatic nitrogens is 2. The zero-order chi connectivity index (χ0) is 14.8. The minimum absolute atomic E-state index is 0.0608. The number of halogens is 1. The first-order valence-electron chi connectivity index (χ1n) is 8.15. The van der Waals surface area contributed by atoms with E-state index in [0.29, 0.717) is 12.0 Å². The maximum absolute atomic E-state index is 5.97. The van der Waals surface area contributed by atoms with Crippen LogP contribution in [0.15, 0.2) is 4.47 Å². The average molecular weight is 354 g/mol. The van der Waals surface area contributed by atoms with Crippen LogP contribution in [-0.2, 0) is 4.74 Å². The first kappa shape index (κ1) is 15.2. The Balaban J connectivity index is 1.95. The standard InChI is InChI=1S/C16H24BrN3O/c1-3-18-16-13(17)14(11-6-4-5-7-11)19-15(20-16)12-9-8-10(2)21-12/h10-12H,3-9H2,1-2H3,(H,18,19,20). The van der Waals surface area contributed by atoms with E-state index < -0.39 is 0 Å². The summed E-state index contributed by atoms with van der Waals surface area (Å²) >= 11 is 3.72. The van der Waals surface area contributed by atoms with Gasteiger partial charge in [-0.3, -0.25) is 0 Å². The summed E-state index contributed by atoms with van der Waals surface area (Å²) in [5, 5.41) is 3.36. The van der Waals surface area contributed by atoms with E-state index in [1.54, 1.807) is 0 Å². The lowest BCUT2D eigenvalue weighted by molar-refractivity contribution is 0.0501. The first-order valence-corrected chi connectivity index (χ1v) is 8.95. The SMILES string of the molecule is CCNc1nc(C2CCC(C)O2)nc(C2CCCC2)c1Br. The lowest BCUT2D eigenvalue weighted by atomic mass is 10.0. The molecule has 1 aromatic rings. The van der Waals surface area contributed by atoms with Gasteiger partial charge in [0.15, 0.2) is 5.82 Å². The van der Waals surface area contributed by atoms with E-state index in [1.165, 1.54) is 31.4 Å². The third-order valence-electron chi connectivity index (χ3n) is 4.50. The molecule has 3 rings (SSSR count). The normalized spacial score (nSPS) is 26.4. The molecular formula is C16H24BrN3O. The molecule has 21 heavy (non-hydrogen) atoms. The van der Waals surface area contributed by atoms with Gasteiger partial charge in [-0.2, -0.15) is 0 Å². The number of hydrogen-bond donors (Lipinski definition) is 1. The van der Waals surface area contributed by atoms with Crippen molar-refractivity contribution in [3.05, 3.63) is 16.0 Å². The van der Waals surface area contributed by atoms with Crippen molar-refractivity contribution in [1.82, 2.24) is 9.97 Å². The van der Waals surface area contributed by atoms with E-state index in [2.05, 4.69) is 35.1 Å². The lowest BCUT2D eigenvalue weighted by Gasteiger charge is -2.18. The second kappa shape index (κ2) is 6.61. The molecule has 0 radical (unpaired) electrons. The molecule has 1 saturated heterocycles. The molecule has 0 bridgehead atoms. The van der Waals surface area contributed by atoms with Gasteiger partial charge in [-0.25, -0.2) is 9.97 Å². The molecule has 1 saturated carbocycles. The van der Waals surface area contributed by atoms with Gasteiger partial charge in [0.25, 0.3) is 0 Å². The Morgan fingerprint density at radius 2 is 1.95 bits per heavy atom. The third kappa shape index (κ3) is 3.24. The summed E-state index contributed by atoms with van der Waals surface area (Å²) in [6.45, 7) is 5.08. The summed E-state index contributed by atoms with van der Waals surface area (Å²) in [4.78, 5) is 9.61. The van der Waals surface area contributed by atoms with Crippen LogP contribution >= 0.6 is 15.9 Å². The first-order chi connectivity index (χ1) is 10.2. The molecule has 2 aliphatic rings. The summed E-state index contributed by atoms with van der Waals surface area (Å²) in [5.74, 6) is 2.35. The number of nitrogens with zero attached hydrogens (tertiary/aromatic N) is 2. The van der Waals surface area contributed by atoms with Crippen LogP contribution in [0, 0.1) is 0 Å². The predicted octanol–water partition coefficient (Wildman–Crippen LogP) is 4.57. The molecule has 1 N–H and O–H groups in total. The molecule has 2 heterocycles. The van der Waals surface area contributed by atoms with Crippen molar-refractivity contribution in [2.24, 2.45) is 0 Å². The Labute approximate surface area is 135 Å². The van der Waals surface area contributed by atoms with Gasteiger partial charge in [0, 0.05) is 12.5 Å². The number of rotatable bonds is 4. The molecule has 4 nitrogen and oxygen atoms in total. The quantitative estimate of drug-likeness (QED) is 0.861. The Morgan fingerprint density at radius 1 is 1.19 bits per heavy atom. The van der Waals surface area contributed by atoms with Gasteiger partial charge in [-0.15, -0.1) is 0 Å². The second-order valence-electron chi connectivity index (χ2n) is 6.15. The molecule has 1 aromatic heterocycles. The van der Waals surface area contributed by atoms with Crippen LogP contribution in [0.25, 0.3) is 0 Å². The topological polar surface area (TPSA) is 47.0 Å². The Hall–Kier alpha value is -0.680. The second-order valence-corrected chi connectivity index (χ2v) is 6.95. The summed E-state index contributed by atoms with van der Waals surface area (Å²) in [7, 11) is 0. The molecule has 0 aromatic carbocycles. The highest BCUT2D eigenvalue weighted by atomic mass is 79.9. The minimum atomic E-state index is 0.0608. The maximum atomic E-state index is 5.97. The Kier molecular flexibility index (Phi) is 4.79. The van der Waals surface area contributed by atoms with Crippen molar-refractivity contribution in [2.45, 2.75) is 70.5 Å². The number of ether oxygens (including phenoxy) is 1. The van der Waals surface area contributed by atoms with Gasteiger partial charge in [0.2, 0.25) is 0 Å². The van der Waals surface area contributed by atoms with Gasteiger partial charge in [0.05, 0.1) is 16.3 Å². The van der Waals surface area contributed by atoms with Gasteiger partial charge >= 0.3 is 0 Å². The van der Waals surface area contributed by atoms with Crippen molar-refractivity contribution in [2.75, 3.05) is 11.9 Å². The van der Waals surface area contributed by atoms with E-state index in [-0.39, 0.29) is 6.10 Å². The number of anilines is 1. The van der Waals surface area contributed by atoms with E-state index in [9.17, 15) is 0 Å². The van der Waals surface area contributed by atoms with Crippen molar-refractivity contribution >= 4 is 21.7 Å². The van der Waals surface area contributed by atoms with E-state index in [4.69, 9.17) is 14.7 Å². The summed E-state index contributed by atoms with van der Waals surface area (Å²) < 4.78 is 7.02. The van der Waals surface area contributed by atoms with E-state index in [1.807, 2.05) is 0 Å². The Bertz CT molecular complexity index is 503. The smallest absolute Gasteiger partial charge is 0.159 e. The van der Waals surface area contributed by atoms with Crippen LogP contribution in [0.1, 0.15) is 75.9 Å². The molecule has 1 aliphatic heterocycles. The molecule has 0 amide bonds. The molecular weight excluding hydrogens is 330 g/mol. The van der Waals surface area contributed by atoms with Crippen LogP contribution in [0.2, 0.25) is 0 Å². The summed E-state index contributed by atoms with van der Waals surface area (Å²) in [6.07, 6.45) is 7.60. The van der Waals surface area contributed by atoms with Gasteiger partial charge < -0.3 is 10.1 Å². The zero-order valence-corrected chi connectivity index (χ0v) is 14.4. The van der Waals surface area contributed by atoms with Crippen LogP contribution in [0.4, 0.5) is 5.82 Å². The monoisotopic (exact) mass is 353 g/mol. The fourth-order valence-corrected chi connectivity index (χ4v) is 4.01. The van der Waals surface area contributed by atoms with Crippen molar-refractivity contribution in [1.29, 1.82) is 0 Å². The molecule has 1 aliphatic carbocycles. The van der Waals surface area contributed by atoms with Crippen molar-refractivity contribution in [3.63, 3.8) is 0 Å². The highest BCUT2D eigenvalue weighted by Crippen LogP contribution is 2.40. The van der Waals surface area contributed by atoms with Gasteiger partial charge in [-0.05, 0) is 55.5 Å². The van der Waals surface area contributed by atoms with Crippen LogP contribution in [-0.4, -0.2) is 22.6 Å². The van der Waals surface area contributed by atoms with Crippen LogP contribution in [0.5, 0.6) is 0 Å². The predicted molar refractivity (Wildman–Crippen MR) is 87.6 cm³/mol. The van der Waals surface area contributed by atoms with Crippen LogP contribution in [0.3, 0.4) is 0 Å². The molecule has 116 valence electrons. The fraction of sp³-hybridized carbons (Fsp3) is 0.750. The third-order valence-corrected chi connectivity index (χ3v) is 5.28. The summed E-state index contributed by atoms with van der Waals surface area (Å²) in [6, 6.07) is 0. The number of nitrogens with one attached hydrogen (secondary N) is 1. The average Bonchev–Trinajstić information content (AvgIpc) is 3.12. The van der Waals surface area contributed by atoms with Crippen molar-refractivity contribution < 1.29 is 4.74 Å². The zero-order valence-electron chi connectivity index (χ0n) is 12.9. The largest absolute Gasteiger partial charge is 0.369 e. The van der Waals surface area contributed by atoms with Crippen molar-refractivity contribution in [3.8, 4) is 0 Å². The fourth-order valence-electron chi connectivity index (χ4n) is 3.37. The molecule has 2 atom stereocenters. The minimum Gasteiger partial charge on any atom is -0.369 e. The van der Waals surface area contributed by atoms with Gasteiger partial charge in [0.1, 0.15) is 11.9 Å². The Morgan fingerprint density at radius 3 is 2.57 bits per heavy atom. The molecule has 2 unspecified atom stereocenters.